The molecule has 0 aromatic rings. The summed E-state index contributed by atoms with van der Waals surface area (Å²) in [5, 5.41) is 10.6. The minimum atomic E-state index is -4.95. The molecule has 0 saturated carbocycles. The lowest BCUT2D eigenvalue weighted by molar-refractivity contribution is -0.161. The summed E-state index contributed by atoms with van der Waals surface area (Å²) in [7, 11) is -9.90. The Morgan fingerprint density at radius 2 is 0.573 bits per heavy atom. The lowest BCUT2D eigenvalue weighted by Crippen LogP contribution is -2.30. The second-order valence-electron chi connectivity index (χ2n) is 26.0. The van der Waals surface area contributed by atoms with Crippen LogP contribution < -0.4 is 0 Å². The van der Waals surface area contributed by atoms with Crippen LogP contribution in [-0.2, 0) is 65.4 Å². The molecule has 0 radical (unpaired) electrons. The van der Waals surface area contributed by atoms with Crippen molar-refractivity contribution in [3.8, 4) is 0 Å². The largest absolute Gasteiger partial charge is 0.472 e. The number of aliphatic hydroxyl groups is 1. The minimum absolute atomic E-state index is 0.103. The summed E-state index contributed by atoms with van der Waals surface area (Å²) in [5.74, 6) is -0.620. The Hall–Kier alpha value is -1.94. The maximum absolute atomic E-state index is 13.0. The number of hydrogen-bond donors (Lipinski definition) is 3. The van der Waals surface area contributed by atoms with Crippen molar-refractivity contribution >= 4 is 39.5 Å². The van der Waals surface area contributed by atoms with Crippen LogP contribution >= 0.6 is 15.6 Å². The highest BCUT2D eigenvalue weighted by Crippen LogP contribution is 2.45. The van der Waals surface area contributed by atoms with Crippen molar-refractivity contribution in [3.63, 3.8) is 0 Å². The number of carbonyl (C=O) groups excluding carboxylic acids is 4. The van der Waals surface area contributed by atoms with Crippen LogP contribution in [0, 0.1) is 11.8 Å². The van der Waals surface area contributed by atoms with E-state index in [1.807, 2.05) is 0 Å². The van der Waals surface area contributed by atoms with Gasteiger partial charge in [0.15, 0.2) is 12.2 Å². The van der Waals surface area contributed by atoms with E-state index in [2.05, 4.69) is 41.5 Å². The van der Waals surface area contributed by atoms with Crippen molar-refractivity contribution in [3.05, 3.63) is 0 Å². The number of rotatable bonds is 69. The lowest BCUT2D eigenvalue weighted by atomic mass is 10.00. The third-order valence-electron chi connectivity index (χ3n) is 16.6. The number of phosphoric ester groups is 2. The number of carbonyl (C=O) groups is 4. The molecule has 0 aliphatic heterocycles. The van der Waals surface area contributed by atoms with Gasteiger partial charge in [0.05, 0.1) is 26.4 Å². The Kier molecular flexibility index (Phi) is 60.8. The van der Waals surface area contributed by atoms with E-state index < -0.39 is 97.5 Å². The average Bonchev–Trinajstić information content (AvgIpc) is 3.72. The summed E-state index contributed by atoms with van der Waals surface area (Å²) in [6.45, 7) is 9.50. The average molecular weight is 1310 g/mol. The molecule has 0 heterocycles. The van der Waals surface area contributed by atoms with Gasteiger partial charge >= 0.3 is 39.5 Å². The maximum Gasteiger partial charge on any atom is 0.472 e. The van der Waals surface area contributed by atoms with Crippen molar-refractivity contribution < 1.29 is 80.2 Å². The second kappa shape index (κ2) is 62.2. The van der Waals surface area contributed by atoms with Gasteiger partial charge in [-0.1, -0.05) is 305 Å². The molecule has 0 saturated heterocycles. The van der Waals surface area contributed by atoms with Gasteiger partial charge in [0.25, 0.3) is 0 Å². The van der Waals surface area contributed by atoms with Crippen molar-refractivity contribution in [2.45, 2.75) is 374 Å². The summed E-state index contributed by atoms with van der Waals surface area (Å²) >= 11 is 0. The molecule has 0 spiro atoms. The van der Waals surface area contributed by atoms with Crippen LogP contribution in [0.5, 0.6) is 0 Å². The van der Waals surface area contributed by atoms with Gasteiger partial charge in [0.2, 0.25) is 0 Å². The first kappa shape index (κ1) is 87.1. The zero-order valence-corrected chi connectivity index (χ0v) is 59.5. The van der Waals surface area contributed by atoms with Gasteiger partial charge in [0, 0.05) is 25.7 Å². The first-order valence-electron chi connectivity index (χ1n) is 36.5. The van der Waals surface area contributed by atoms with E-state index >= 15 is 0 Å². The van der Waals surface area contributed by atoms with Gasteiger partial charge < -0.3 is 33.8 Å². The fourth-order valence-electron chi connectivity index (χ4n) is 10.6. The van der Waals surface area contributed by atoms with E-state index in [0.717, 1.165) is 102 Å². The first-order valence-corrected chi connectivity index (χ1v) is 39.5. The van der Waals surface area contributed by atoms with E-state index in [1.54, 1.807) is 0 Å². The summed E-state index contributed by atoms with van der Waals surface area (Å²) in [5.41, 5.74) is 0. The third-order valence-corrected chi connectivity index (χ3v) is 18.5. The number of phosphoric acid groups is 2. The highest BCUT2D eigenvalue weighted by Gasteiger charge is 2.30. The summed E-state index contributed by atoms with van der Waals surface area (Å²) in [6.07, 6.45) is 47.2. The highest BCUT2D eigenvalue weighted by atomic mass is 31.2. The molecule has 19 heteroatoms. The van der Waals surface area contributed by atoms with Crippen LogP contribution in [0.4, 0.5) is 0 Å². The smallest absolute Gasteiger partial charge is 0.462 e. The molecule has 6 atom stereocenters. The molecule has 0 fully saturated rings. The van der Waals surface area contributed by atoms with Crippen LogP contribution in [-0.4, -0.2) is 96.7 Å². The van der Waals surface area contributed by atoms with E-state index in [0.29, 0.717) is 25.7 Å². The maximum atomic E-state index is 13.0. The standard InChI is InChI=1S/C70H136O17P2/c1-7-10-12-14-16-18-19-20-23-26-30-34-41-47-53-68(73)81-58-65(86-69(74)54-48-42-35-31-27-24-21-22-25-29-32-38-44-50-62(4)5)60-84-88(76,77)82-56-64(71)57-83-89(78,79)85-61-66(59-80-67(72)52-46-40-33-28-17-15-13-11-8-2)87-70(75)55-49-43-37-36-39-45-51-63(6)9-3/h62-66,71H,7-61H2,1-6H3,(H,76,77)(H,78,79)/t63?,64-,65-,66-/m1/s1. The zero-order valence-electron chi connectivity index (χ0n) is 57.7. The molecule has 0 bridgehead atoms. The Morgan fingerprint density at radius 3 is 0.854 bits per heavy atom. The number of unbranched alkanes of at least 4 members (excludes halogenated alkanes) is 38. The summed E-state index contributed by atoms with van der Waals surface area (Å²) < 4.78 is 68.2. The number of ether oxygens (including phenoxy) is 4. The summed E-state index contributed by atoms with van der Waals surface area (Å²) in [6, 6.07) is 0. The minimum Gasteiger partial charge on any atom is -0.462 e. The lowest BCUT2D eigenvalue weighted by Gasteiger charge is -2.21. The number of aliphatic hydroxyl groups excluding tert-OH is 1. The van der Waals surface area contributed by atoms with Crippen LogP contribution in [0.3, 0.4) is 0 Å². The van der Waals surface area contributed by atoms with Gasteiger partial charge in [-0.3, -0.25) is 37.3 Å². The Balaban J connectivity index is 5.23. The van der Waals surface area contributed by atoms with Gasteiger partial charge in [-0.05, 0) is 37.5 Å². The Labute approximate surface area is 543 Å². The predicted octanol–water partition coefficient (Wildman–Crippen LogP) is 20.0. The normalized spacial score (nSPS) is 14.4. The molecule has 0 aromatic carbocycles. The molecule has 89 heavy (non-hydrogen) atoms. The van der Waals surface area contributed by atoms with Gasteiger partial charge in [0.1, 0.15) is 19.3 Å². The van der Waals surface area contributed by atoms with Crippen molar-refractivity contribution in [2.75, 3.05) is 39.6 Å². The SMILES string of the molecule is CCCCCCCCCCCCCCCCC(=O)OC[C@H](COP(=O)(O)OC[C@@H](O)COP(=O)(O)OC[C@@H](COC(=O)CCCCCCCCCCC)OC(=O)CCCCCCCCC(C)CC)OC(=O)CCCCCCCCCCCCCCCC(C)C. The molecule has 0 rings (SSSR count). The molecular weight excluding hydrogens is 1170 g/mol. The molecule has 17 nitrogen and oxygen atoms in total. The zero-order chi connectivity index (χ0) is 65.7. The molecule has 0 aliphatic carbocycles. The quantitative estimate of drug-likeness (QED) is 0.0222. The molecule has 3 N–H and O–H groups in total. The Bertz CT molecular complexity index is 1740. The number of hydrogen-bond acceptors (Lipinski definition) is 15. The van der Waals surface area contributed by atoms with Gasteiger partial charge in [-0.2, -0.15) is 0 Å². The van der Waals surface area contributed by atoms with Crippen LogP contribution in [0.25, 0.3) is 0 Å². The van der Waals surface area contributed by atoms with Crippen LogP contribution in [0.1, 0.15) is 356 Å². The van der Waals surface area contributed by atoms with E-state index in [4.69, 9.17) is 37.0 Å². The summed E-state index contributed by atoms with van der Waals surface area (Å²) in [4.78, 5) is 72.5. The predicted molar refractivity (Wildman–Crippen MR) is 358 cm³/mol. The molecule has 528 valence electrons. The molecule has 0 amide bonds. The van der Waals surface area contributed by atoms with Crippen molar-refractivity contribution in [2.24, 2.45) is 11.8 Å². The van der Waals surface area contributed by atoms with Crippen molar-refractivity contribution in [1.82, 2.24) is 0 Å². The molecule has 3 unspecified atom stereocenters. The molecular formula is C70H136O17P2. The number of esters is 4. The Morgan fingerprint density at radius 1 is 0.326 bits per heavy atom. The highest BCUT2D eigenvalue weighted by molar-refractivity contribution is 7.47. The third kappa shape index (κ3) is 63.2. The van der Waals surface area contributed by atoms with Crippen LogP contribution in [0.2, 0.25) is 0 Å². The van der Waals surface area contributed by atoms with Crippen molar-refractivity contribution in [1.29, 1.82) is 0 Å². The molecule has 0 aromatic heterocycles. The van der Waals surface area contributed by atoms with E-state index in [9.17, 15) is 43.2 Å². The van der Waals surface area contributed by atoms with Gasteiger partial charge in [-0.25, -0.2) is 9.13 Å². The molecule has 0 aliphatic rings. The topological polar surface area (TPSA) is 237 Å². The van der Waals surface area contributed by atoms with Crippen LogP contribution in [0.15, 0.2) is 0 Å². The van der Waals surface area contributed by atoms with E-state index in [1.165, 1.54) is 173 Å². The van der Waals surface area contributed by atoms with Gasteiger partial charge in [-0.15, -0.1) is 0 Å². The first-order chi connectivity index (χ1) is 42.9. The monoisotopic (exact) mass is 1310 g/mol. The second-order valence-corrected chi connectivity index (χ2v) is 28.9. The fourth-order valence-corrected chi connectivity index (χ4v) is 12.1. The van der Waals surface area contributed by atoms with E-state index in [-0.39, 0.29) is 25.7 Å². The fraction of sp³-hybridized carbons (Fsp3) is 0.943.